The fourth-order valence-electron chi connectivity index (χ4n) is 2.76. The molecule has 0 spiro atoms. The summed E-state index contributed by atoms with van der Waals surface area (Å²) in [5.41, 5.74) is 1.98. The number of aromatic hydroxyl groups is 1. The lowest BCUT2D eigenvalue weighted by Crippen LogP contribution is -2.00. The minimum Gasteiger partial charge on any atom is -0.508 e. The highest BCUT2D eigenvalue weighted by Crippen LogP contribution is 2.30. The lowest BCUT2D eigenvalue weighted by molar-refractivity contribution is -0.384. The number of non-ortho nitro benzene ring substituents is 1. The van der Waals surface area contributed by atoms with Crippen LogP contribution in [0, 0.1) is 10.1 Å². The zero-order valence-corrected chi connectivity index (χ0v) is 14.0. The van der Waals surface area contributed by atoms with Crippen molar-refractivity contribution < 1.29 is 10.0 Å². The Kier molecular flexibility index (Phi) is 4.10. The van der Waals surface area contributed by atoms with E-state index in [0.29, 0.717) is 28.2 Å². The Morgan fingerprint density at radius 2 is 1.74 bits per heavy atom. The van der Waals surface area contributed by atoms with Gasteiger partial charge >= 0.3 is 0 Å². The van der Waals surface area contributed by atoms with Crippen LogP contribution in [0.4, 0.5) is 17.2 Å². The van der Waals surface area contributed by atoms with E-state index in [1.54, 1.807) is 30.3 Å². The smallest absolute Gasteiger partial charge is 0.270 e. The summed E-state index contributed by atoms with van der Waals surface area (Å²) < 4.78 is 0. The largest absolute Gasteiger partial charge is 0.508 e. The van der Waals surface area contributed by atoms with Crippen LogP contribution >= 0.6 is 0 Å². The molecule has 0 radical (unpaired) electrons. The fraction of sp³-hybridized carbons (Fsp3) is 0. The first-order valence-corrected chi connectivity index (χ1v) is 8.18. The van der Waals surface area contributed by atoms with Gasteiger partial charge in [-0.25, -0.2) is 9.97 Å². The second kappa shape index (κ2) is 6.72. The van der Waals surface area contributed by atoms with Gasteiger partial charge in [-0.3, -0.25) is 10.1 Å². The van der Waals surface area contributed by atoms with Gasteiger partial charge in [0, 0.05) is 34.8 Å². The van der Waals surface area contributed by atoms with Crippen molar-refractivity contribution in [2.24, 2.45) is 0 Å². The standard InChI is InChI=1S/C20H14N4O3/c25-16-8-4-7-14(11-16)21-20-17-12-15(24(26)27)9-10-18(17)22-19(23-20)13-5-2-1-3-6-13/h1-12,25H,(H,21,22,23). The number of hydrogen-bond donors (Lipinski definition) is 2. The molecule has 0 aliphatic heterocycles. The number of nitro benzene ring substituents is 1. The number of phenolic OH excluding ortho intramolecular Hbond substituents is 1. The molecule has 4 aromatic rings. The fourth-order valence-corrected chi connectivity index (χ4v) is 2.76. The van der Waals surface area contributed by atoms with Crippen LogP contribution in [0.2, 0.25) is 0 Å². The minimum atomic E-state index is -0.456. The van der Waals surface area contributed by atoms with E-state index in [9.17, 15) is 15.2 Å². The van der Waals surface area contributed by atoms with Crippen LogP contribution in [0.5, 0.6) is 5.75 Å². The maximum absolute atomic E-state index is 11.2. The maximum atomic E-state index is 11.2. The molecule has 132 valence electrons. The molecule has 0 unspecified atom stereocenters. The van der Waals surface area contributed by atoms with Crippen molar-refractivity contribution >= 4 is 28.1 Å². The van der Waals surface area contributed by atoms with Gasteiger partial charge in [-0.15, -0.1) is 0 Å². The quantitative estimate of drug-likeness (QED) is 0.407. The van der Waals surface area contributed by atoms with Crippen molar-refractivity contribution in [1.82, 2.24) is 9.97 Å². The Hall–Kier alpha value is -4.00. The van der Waals surface area contributed by atoms with Crippen LogP contribution in [0.1, 0.15) is 0 Å². The van der Waals surface area contributed by atoms with Crippen LogP contribution in [-0.2, 0) is 0 Å². The number of nitrogens with one attached hydrogen (secondary N) is 1. The van der Waals surface area contributed by atoms with Gasteiger partial charge in [0.1, 0.15) is 11.6 Å². The molecule has 1 aromatic heterocycles. The molecule has 0 fully saturated rings. The summed E-state index contributed by atoms with van der Waals surface area (Å²) >= 11 is 0. The third kappa shape index (κ3) is 3.38. The lowest BCUT2D eigenvalue weighted by atomic mass is 10.1. The summed E-state index contributed by atoms with van der Waals surface area (Å²) in [6.07, 6.45) is 0. The number of nitro groups is 1. The average Bonchev–Trinajstić information content (AvgIpc) is 2.68. The number of rotatable bonds is 4. The molecule has 0 aliphatic carbocycles. The third-order valence-electron chi connectivity index (χ3n) is 4.03. The van der Waals surface area contributed by atoms with E-state index in [2.05, 4.69) is 15.3 Å². The zero-order valence-electron chi connectivity index (χ0n) is 14.0. The summed E-state index contributed by atoms with van der Waals surface area (Å²) in [5.74, 6) is 1.03. The van der Waals surface area contributed by atoms with E-state index in [1.165, 1.54) is 12.1 Å². The lowest BCUT2D eigenvalue weighted by Gasteiger charge is -2.11. The molecule has 1 heterocycles. The normalized spacial score (nSPS) is 10.7. The van der Waals surface area contributed by atoms with Gasteiger partial charge in [-0.05, 0) is 18.2 Å². The molecule has 0 atom stereocenters. The Bertz CT molecular complexity index is 1150. The highest BCUT2D eigenvalue weighted by atomic mass is 16.6. The summed E-state index contributed by atoms with van der Waals surface area (Å²) in [6, 6.07) is 20.5. The van der Waals surface area contributed by atoms with Gasteiger partial charge < -0.3 is 10.4 Å². The highest BCUT2D eigenvalue weighted by molar-refractivity contribution is 5.93. The predicted molar refractivity (Wildman–Crippen MR) is 103 cm³/mol. The van der Waals surface area contributed by atoms with Crippen molar-refractivity contribution in [1.29, 1.82) is 0 Å². The van der Waals surface area contributed by atoms with Gasteiger partial charge in [0.05, 0.1) is 10.4 Å². The number of fused-ring (bicyclic) bond motifs is 1. The van der Waals surface area contributed by atoms with Crippen LogP contribution in [0.3, 0.4) is 0 Å². The van der Waals surface area contributed by atoms with Crippen molar-refractivity contribution in [3.63, 3.8) is 0 Å². The minimum absolute atomic E-state index is 0.0440. The summed E-state index contributed by atoms with van der Waals surface area (Å²) in [6.45, 7) is 0. The topological polar surface area (TPSA) is 101 Å². The van der Waals surface area contributed by atoms with E-state index in [-0.39, 0.29) is 11.4 Å². The van der Waals surface area contributed by atoms with Crippen molar-refractivity contribution in [2.75, 3.05) is 5.32 Å². The molecule has 0 saturated carbocycles. The Morgan fingerprint density at radius 1 is 0.926 bits per heavy atom. The second-order valence-corrected chi connectivity index (χ2v) is 5.90. The molecule has 27 heavy (non-hydrogen) atoms. The Labute approximate surface area is 154 Å². The molecule has 0 aliphatic rings. The van der Waals surface area contributed by atoms with Crippen LogP contribution in [0.15, 0.2) is 72.8 Å². The van der Waals surface area contributed by atoms with Crippen molar-refractivity contribution in [2.45, 2.75) is 0 Å². The van der Waals surface area contributed by atoms with Gasteiger partial charge in [-0.1, -0.05) is 36.4 Å². The highest BCUT2D eigenvalue weighted by Gasteiger charge is 2.14. The SMILES string of the molecule is O=[N+]([O-])c1ccc2nc(-c3ccccc3)nc(Nc3cccc(O)c3)c2c1. The average molecular weight is 358 g/mol. The molecule has 2 N–H and O–H groups in total. The predicted octanol–water partition coefficient (Wildman–Crippen LogP) is 4.65. The van der Waals surface area contributed by atoms with E-state index < -0.39 is 4.92 Å². The molecule has 0 amide bonds. The molecule has 0 bridgehead atoms. The molecule has 7 heteroatoms. The number of phenols is 1. The second-order valence-electron chi connectivity index (χ2n) is 5.90. The van der Waals surface area contributed by atoms with E-state index in [1.807, 2.05) is 30.3 Å². The molecular formula is C20H14N4O3. The maximum Gasteiger partial charge on any atom is 0.270 e. The number of benzene rings is 3. The Morgan fingerprint density at radius 3 is 2.48 bits per heavy atom. The van der Waals surface area contributed by atoms with Crippen LogP contribution in [-0.4, -0.2) is 20.0 Å². The number of aromatic nitrogens is 2. The van der Waals surface area contributed by atoms with Gasteiger partial charge in [0.2, 0.25) is 0 Å². The number of anilines is 2. The zero-order chi connectivity index (χ0) is 18.8. The molecule has 7 nitrogen and oxygen atoms in total. The van der Waals surface area contributed by atoms with Gasteiger partial charge in [-0.2, -0.15) is 0 Å². The summed E-state index contributed by atoms with van der Waals surface area (Å²) in [5, 5.41) is 24.5. The van der Waals surface area contributed by atoms with Crippen LogP contribution < -0.4 is 5.32 Å². The number of hydrogen-bond acceptors (Lipinski definition) is 6. The van der Waals surface area contributed by atoms with Gasteiger partial charge in [0.15, 0.2) is 5.82 Å². The summed E-state index contributed by atoms with van der Waals surface area (Å²) in [7, 11) is 0. The monoisotopic (exact) mass is 358 g/mol. The molecule has 0 saturated heterocycles. The first-order valence-electron chi connectivity index (χ1n) is 8.18. The first-order chi connectivity index (χ1) is 13.1. The molecule has 3 aromatic carbocycles. The molecular weight excluding hydrogens is 344 g/mol. The summed E-state index contributed by atoms with van der Waals surface area (Å²) in [4.78, 5) is 19.8. The van der Waals surface area contributed by atoms with Gasteiger partial charge in [0.25, 0.3) is 5.69 Å². The van der Waals surface area contributed by atoms with Crippen molar-refractivity contribution in [3.05, 3.63) is 82.9 Å². The Balaban J connectivity index is 1.91. The van der Waals surface area contributed by atoms with E-state index >= 15 is 0 Å². The van der Waals surface area contributed by atoms with E-state index in [0.717, 1.165) is 5.56 Å². The molecule has 4 rings (SSSR count). The first kappa shape index (κ1) is 16.5. The third-order valence-corrected chi connectivity index (χ3v) is 4.03. The van der Waals surface area contributed by atoms with E-state index in [4.69, 9.17) is 0 Å². The number of nitrogens with zero attached hydrogens (tertiary/aromatic N) is 3. The van der Waals surface area contributed by atoms with Crippen molar-refractivity contribution in [3.8, 4) is 17.1 Å². The van der Waals surface area contributed by atoms with Crippen LogP contribution in [0.25, 0.3) is 22.3 Å².